The van der Waals surface area contributed by atoms with E-state index in [-0.39, 0.29) is 11.8 Å². The molecule has 2 amide bonds. The fourth-order valence-electron chi connectivity index (χ4n) is 2.43. The number of anilines is 2. The normalized spacial score (nSPS) is 11.4. The van der Waals surface area contributed by atoms with Crippen molar-refractivity contribution in [3.05, 3.63) is 46.6 Å². The Morgan fingerprint density at radius 3 is 2.15 bits per heavy atom. The molecule has 1 heterocycles. The number of benzene rings is 1. The molecule has 6 nitrogen and oxygen atoms in total. The van der Waals surface area contributed by atoms with Crippen molar-refractivity contribution in [2.45, 2.75) is 44.9 Å². The highest BCUT2D eigenvalue weighted by Crippen LogP contribution is 2.30. The lowest BCUT2D eigenvalue weighted by molar-refractivity contribution is -0.115. The van der Waals surface area contributed by atoms with Crippen molar-refractivity contribution in [3.63, 3.8) is 0 Å². The number of aromatic nitrogens is 1. The first-order valence-corrected chi connectivity index (χ1v) is 9.34. The smallest absolute Gasteiger partial charge is 0.237 e. The van der Waals surface area contributed by atoms with Crippen LogP contribution in [0.15, 0.2) is 29.3 Å². The maximum Gasteiger partial charge on any atom is 0.237 e. The molecule has 1 aromatic heterocycles. The molecule has 0 aliphatic carbocycles. The van der Waals surface area contributed by atoms with Crippen molar-refractivity contribution in [1.29, 1.82) is 5.26 Å². The summed E-state index contributed by atoms with van der Waals surface area (Å²) in [6.45, 7) is 8.95. The van der Waals surface area contributed by atoms with Crippen LogP contribution >= 0.6 is 11.8 Å². The maximum atomic E-state index is 12.5. The Hall–Kier alpha value is -2.85. The predicted molar refractivity (Wildman–Crippen MR) is 108 cm³/mol. The van der Waals surface area contributed by atoms with Gasteiger partial charge in [-0.3, -0.25) is 9.59 Å². The molecular weight excluding hydrogens is 360 g/mol. The Bertz CT molecular complexity index is 917. The van der Waals surface area contributed by atoms with E-state index in [2.05, 4.69) is 21.7 Å². The first-order valence-electron chi connectivity index (χ1n) is 8.46. The van der Waals surface area contributed by atoms with Crippen LogP contribution in [-0.2, 0) is 9.59 Å². The lowest BCUT2D eigenvalue weighted by atomic mass is 10.1. The largest absolute Gasteiger partial charge is 0.326 e. The van der Waals surface area contributed by atoms with E-state index < -0.39 is 5.25 Å². The van der Waals surface area contributed by atoms with Gasteiger partial charge in [-0.15, -0.1) is 0 Å². The Labute approximate surface area is 163 Å². The van der Waals surface area contributed by atoms with Gasteiger partial charge in [0.05, 0.1) is 10.8 Å². The number of nitrogens with one attached hydrogen (secondary N) is 2. The summed E-state index contributed by atoms with van der Waals surface area (Å²) in [5.74, 6) is -0.338. The number of amides is 2. The van der Waals surface area contributed by atoms with Crippen molar-refractivity contribution in [2.24, 2.45) is 0 Å². The lowest BCUT2D eigenvalue weighted by Crippen LogP contribution is -2.22. The van der Waals surface area contributed by atoms with Gasteiger partial charge < -0.3 is 10.6 Å². The van der Waals surface area contributed by atoms with E-state index in [1.165, 1.54) is 18.7 Å². The Kier molecular flexibility index (Phi) is 6.59. The highest BCUT2D eigenvalue weighted by molar-refractivity contribution is 8.00. The Morgan fingerprint density at radius 1 is 1.07 bits per heavy atom. The van der Waals surface area contributed by atoms with Crippen LogP contribution in [-0.4, -0.2) is 22.0 Å². The number of nitriles is 1. The number of hydrogen-bond acceptors (Lipinski definition) is 5. The molecule has 2 N–H and O–H groups in total. The number of hydrogen-bond donors (Lipinski definition) is 2. The zero-order valence-electron chi connectivity index (χ0n) is 16.0. The van der Waals surface area contributed by atoms with Crippen LogP contribution in [0.4, 0.5) is 11.4 Å². The molecule has 0 unspecified atom stereocenters. The van der Waals surface area contributed by atoms with Crippen LogP contribution in [0.1, 0.15) is 36.2 Å². The zero-order valence-corrected chi connectivity index (χ0v) is 16.8. The van der Waals surface area contributed by atoms with Gasteiger partial charge in [0, 0.05) is 24.0 Å². The van der Waals surface area contributed by atoms with Gasteiger partial charge in [-0.25, -0.2) is 4.98 Å². The van der Waals surface area contributed by atoms with Crippen LogP contribution in [0.5, 0.6) is 0 Å². The number of thioether (sulfide) groups is 1. The molecule has 0 aliphatic rings. The first-order chi connectivity index (χ1) is 12.7. The van der Waals surface area contributed by atoms with E-state index in [9.17, 15) is 14.9 Å². The van der Waals surface area contributed by atoms with Crippen molar-refractivity contribution in [1.82, 2.24) is 4.98 Å². The summed E-state index contributed by atoms with van der Waals surface area (Å²) < 4.78 is 0. The van der Waals surface area contributed by atoms with Gasteiger partial charge in [0.2, 0.25) is 11.8 Å². The fourth-order valence-corrected chi connectivity index (χ4v) is 3.44. The third-order valence-electron chi connectivity index (χ3n) is 4.21. The minimum Gasteiger partial charge on any atom is -0.326 e. The summed E-state index contributed by atoms with van der Waals surface area (Å²) in [7, 11) is 0. The second-order valence-electron chi connectivity index (χ2n) is 6.25. The maximum absolute atomic E-state index is 12.5. The van der Waals surface area contributed by atoms with Gasteiger partial charge in [-0.05, 0) is 63.1 Å². The number of carbonyl (C=O) groups is 2. The van der Waals surface area contributed by atoms with E-state index in [0.29, 0.717) is 22.0 Å². The first kappa shape index (κ1) is 20.5. The van der Waals surface area contributed by atoms with E-state index in [4.69, 9.17) is 0 Å². The molecule has 0 saturated heterocycles. The summed E-state index contributed by atoms with van der Waals surface area (Å²) in [4.78, 5) is 28.0. The number of carbonyl (C=O) groups excluding carboxylic acids is 2. The molecule has 140 valence electrons. The second kappa shape index (κ2) is 8.69. The predicted octanol–water partition coefficient (Wildman–Crippen LogP) is 3.96. The van der Waals surface area contributed by atoms with E-state index in [0.717, 1.165) is 16.8 Å². The lowest BCUT2D eigenvalue weighted by Gasteiger charge is -2.15. The van der Waals surface area contributed by atoms with Gasteiger partial charge in [-0.2, -0.15) is 5.26 Å². The Balaban J connectivity index is 2.10. The monoisotopic (exact) mass is 382 g/mol. The minimum atomic E-state index is -0.430. The summed E-state index contributed by atoms with van der Waals surface area (Å²) >= 11 is 1.27. The molecule has 7 heteroatoms. The van der Waals surface area contributed by atoms with Crippen molar-refractivity contribution < 1.29 is 9.59 Å². The number of rotatable bonds is 5. The average Bonchev–Trinajstić information content (AvgIpc) is 2.61. The van der Waals surface area contributed by atoms with Crippen LogP contribution < -0.4 is 10.6 Å². The standard InChI is InChI=1S/C20H22N4O2S/c1-11-12(2)18(10-21)20(22-13(11)3)27-14(4)19(26)24-17-8-6-16(7-9-17)23-15(5)25/h6-9,14H,1-5H3,(H,23,25)(H,24,26)/t14-/m0/s1. The summed E-state index contributed by atoms with van der Waals surface area (Å²) in [5, 5.41) is 15.1. The summed E-state index contributed by atoms with van der Waals surface area (Å²) in [6.07, 6.45) is 0. The van der Waals surface area contributed by atoms with Gasteiger partial charge in [0.1, 0.15) is 11.1 Å². The molecular formula is C20H22N4O2S. The average molecular weight is 382 g/mol. The molecule has 0 aliphatic heterocycles. The summed E-state index contributed by atoms with van der Waals surface area (Å²) in [6, 6.07) is 9.08. The van der Waals surface area contributed by atoms with Crippen molar-refractivity contribution in [3.8, 4) is 6.07 Å². The molecule has 2 rings (SSSR count). The highest BCUT2D eigenvalue weighted by Gasteiger charge is 2.20. The van der Waals surface area contributed by atoms with Gasteiger partial charge in [0.15, 0.2) is 0 Å². The minimum absolute atomic E-state index is 0.152. The van der Waals surface area contributed by atoms with Crippen LogP contribution in [0.2, 0.25) is 0 Å². The third-order valence-corrected chi connectivity index (χ3v) is 5.29. The molecule has 0 saturated carbocycles. The quantitative estimate of drug-likeness (QED) is 0.763. The molecule has 2 aromatic rings. The Morgan fingerprint density at radius 2 is 1.63 bits per heavy atom. The fraction of sp³-hybridized carbons (Fsp3) is 0.300. The van der Waals surface area contributed by atoms with Gasteiger partial charge in [-0.1, -0.05) is 11.8 Å². The number of nitrogens with zero attached hydrogens (tertiary/aromatic N) is 2. The number of aryl methyl sites for hydroxylation is 1. The van der Waals surface area contributed by atoms with Crippen LogP contribution in [0.3, 0.4) is 0 Å². The topological polar surface area (TPSA) is 94.9 Å². The second-order valence-corrected chi connectivity index (χ2v) is 7.58. The summed E-state index contributed by atoms with van der Waals surface area (Å²) in [5.41, 5.74) is 4.56. The molecule has 0 radical (unpaired) electrons. The third kappa shape index (κ3) is 5.08. The molecule has 1 atom stereocenters. The molecule has 0 fully saturated rings. The molecule has 0 bridgehead atoms. The van der Waals surface area contributed by atoms with E-state index in [1.807, 2.05) is 20.8 Å². The highest BCUT2D eigenvalue weighted by atomic mass is 32.2. The van der Waals surface area contributed by atoms with Crippen LogP contribution in [0, 0.1) is 32.1 Å². The van der Waals surface area contributed by atoms with Gasteiger partial charge in [0.25, 0.3) is 0 Å². The van der Waals surface area contributed by atoms with Gasteiger partial charge >= 0.3 is 0 Å². The molecule has 0 spiro atoms. The van der Waals surface area contributed by atoms with Crippen molar-refractivity contribution in [2.75, 3.05) is 10.6 Å². The van der Waals surface area contributed by atoms with Crippen LogP contribution in [0.25, 0.3) is 0 Å². The van der Waals surface area contributed by atoms with Crippen molar-refractivity contribution >= 4 is 35.0 Å². The number of pyridine rings is 1. The molecule has 1 aromatic carbocycles. The van der Waals surface area contributed by atoms with E-state index in [1.54, 1.807) is 31.2 Å². The van der Waals surface area contributed by atoms with E-state index >= 15 is 0 Å². The molecule has 27 heavy (non-hydrogen) atoms. The SMILES string of the molecule is CC(=O)Nc1ccc(NC(=O)[C@H](C)Sc2nc(C)c(C)c(C)c2C#N)cc1. The zero-order chi connectivity index (χ0) is 20.1.